The third-order valence-electron chi connectivity index (χ3n) is 6.37. The summed E-state index contributed by atoms with van der Waals surface area (Å²) in [5.41, 5.74) is 2.84. The molecule has 1 aromatic heterocycles. The van der Waals surface area contributed by atoms with E-state index in [9.17, 15) is 5.11 Å². The molecule has 0 unspecified atom stereocenters. The van der Waals surface area contributed by atoms with Gasteiger partial charge >= 0.3 is 0 Å². The molecule has 1 saturated heterocycles. The van der Waals surface area contributed by atoms with Crippen molar-refractivity contribution in [3.8, 4) is 23.1 Å². The first-order valence-electron chi connectivity index (χ1n) is 12.5. The highest BCUT2D eigenvalue weighted by atomic mass is 16.5. The normalized spacial score (nSPS) is 16.5. The Bertz CT molecular complexity index is 1050. The monoisotopic (exact) mass is 479 g/mol. The highest BCUT2D eigenvalue weighted by Gasteiger charge is 2.25. The molecule has 0 saturated carbocycles. The quantitative estimate of drug-likeness (QED) is 0.389. The van der Waals surface area contributed by atoms with Gasteiger partial charge in [-0.15, -0.1) is 0 Å². The second kappa shape index (κ2) is 12.2. The van der Waals surface area contributed by atoms with Crippen LogP contribution in [0.5, 0.6) is 17.4 Å². The summed E-state index contributed by atoms with van der Waals surface area (Å²) in [6.07, 6.45) is 3.69. The van der Waals surface area contributed by atoms with Crippen molar-refractivity contribution in [1.29, 1.82) is 0 Å². The van der Waals surface area contributed by atoms with Gasteiger partial charge < -0.3 is 19.3 Å². The van der Waals surface area contributed by atoms with Gasteiger partial charge in [0.2, 0.25) is 5.88 Å². The van der Waals surface area contributed by atoms with Gasteiger partial charge in [0.1, 0.15) is 11.5 Å². The van der Waals surface area contributed by atoms with Crippen molar-refractivity contribution in [3.63, 3.8) is 0 Å². The van der Waals surface area contributed by atoms with E-state index in [1.165, 1.54) is 0 Å². The van der Waals surface area contributed by atoms with Crippen LogP contribution < -0.4 is 9.47 Å². The lowest BCUT2D eigenvalue weighted by atomic mass is 10.1. The lowest BCUT2D eigenvalue weighted by Gasteiger charge is -2.27. The Morgan fingerprint density at radius 3 is 2.54 bits per heavy atom. The number of aliphatic hydroxyl groups is 1. The Balaban J connectivity index is 1.67. The molecule has 2 heterocycles. The minimum Gasteiger partial charge on any atom is -0.497 e. The van der Waals surface area contributed by atoms with Crippen LogP contribution in [0.1, 0.15) is 43.9 Å². The second-order valence-electron chi connectivity index (χ2n) is 9.17. The van der Waals surface area contributed by atoms with Crippen LogP contribution in [0, 0.1) is 6.92 Å². The largest absolute Gasteiger partial charge is 0.497 e. The van der Waals surface area contributed by atoms with Crippen molar-refractivity contribution in [3.05, 3.63) is 65.9 Å². The Morgan fingerprint density at radius 2 is 1.89 bits per heavy atom. The number of aryl methyl sites for hydroxylation is 1. The van der Waals surface area contributed by atoms with E-state index >= 15 is 0 Å². The molecule has 1 N–H and O–H groups in total. The molecule has 188 valence electrons. The molecular formula is C28H37N3O4. The summed E-state index contributed by atoms with van der Waals surface area (Å²) < 4.78 is 19.6. The highest BCUT2D eigenvalue weighted by molar-refractivity contribution is 5.44. The summed E-state index contributed by atoms with van der Waals surface area (Å²) in [4.78, 5) is 2.29. The van der Waals surface area contributed by atoms with Gasteiger partial charge in [-0.25, -0.2) is 4.68 Å². The Kier molecular flexibility index (Phi) is 8.79. The second-order valence-corrected chi connectivity index (χ2v) is 9.17. The molecule has 3 aromatic rings. The van der Waals surface area contributed by atoms with E-state index in [-0.39, 0.29) is 12.2 Å². The van der Waals surface area contributed by atoms with E-state index in [2.05, 4.69) is 11.8 Å². The molecule has 2 aromatic carbocycles. The van der Waals surface area contributed by atoms with E-state index in [1.54, 1.807) is 7.11 Å². The van der Waals surface area contributed by atoms with Gasteiger partial charge in [-0.1, -0.05) is 31.5 Å². The van der Waals surface area contributed by atoms with Gasteiger partial charge in [-0.3, -0.25) is 4.90 Å². The Hall–Kier alpha value is -2.87. The maximum atomic E-state index is 10.6. The molecule has 1 aliphatic heterocycles. The minimum absolute atomic E-state index is 0.194. The number of nitrogens with zero attached hydrogens (tertiary/aromatic N) is 3. The maximum absolute atomic E-state index is 10.6. The fraction of sp³-hybridized carbons (Fsp3) is 0.464. The summed E-state index contributed by atoms with van der Waals surface area (Å²) in [5, 5.41) is 15.5. The summed E-state index contributed by atoms with van der Waals surface area (Å²) >= 11 is 0. The molecule has 35 heavy (non-hydrogen) atoms. The van der Waals surface area contributed by atoms with Crippen molar-refractivity contribution in [1.82, 2.24) is 14.7 Å². The molecule has 7 nitrogen and oxygen atoms in total. The maximum Gasteiger partial charge on any atom is 0.227 e. The van der Waals surface area contributed by atoms with Crippen LogP contribution in [0.15, 0.2) is 54.6 Å². The number of hydrogen-bond acceptors (Lipinski definition) is 6. The summed E-state index contributed by atoms with van der Waals surface area (Å²) in [6.45, 7) is 6.91. The van der Waals surface area contributed by atoms with Crippen LogP contribution in [-0.4, -0.2) is 58.8 Å². The van der Waals surface area contributed by atoms with Gasteiger partial charge in [0.05, 0.1) is 36.3 Å². The fourth-order valence-corrected chi connectivity index (χ4v) is 4.55. The summed E-state index contributed by atoms with van der Waals surface area (Å²) in [6, 6.07) is 17.6. The molecule has 0 radical (unpaired) electrons. The first kappa shape index (κ1) is 25.2. The van der Waals surface area contributed by atoms with Gasteiger partial charge in [-0.05, 0) is 62.6 Å². The third kappa shape index (κ3) is 6.63. The fourth-order valence-electron chi connectivity index (χ4n) is 4.55. The number of benzene rings is 2. The smallest absolute Gasteiger partial charge is 0.227 e. The molecule has 0 spiro atoms. The number of para-hydroxylation sites is 1. The topological polar surface area (TPSA) is 69.0 Å². The summed E-state index contributed by atoms with van der Waals surface area (Å²) in [5.74, 6) is 2.17. The van der Waals surface area contributed by atoms with E-state index < -0.39 is 0 Å². The molecule has 0 bridgehead atoms. The van der Waals surface area contributed by atoms with Crippen molar-refractivity contribution >= 4 is 0 Å². The molecule has 0 aliphatic carbocycles. The Labute approximate surface area is 208 Å². The standard InChI is InChI=1S/C28H37N3O4/c1-4-9-23(32)18-30(19-26-12-8-17-34-26)20-27-21(2)29-31(22-10-6-5-7-11-22)28(27)35-25-15-13-24(33-3)14-16-25/h5-7,10-11,13-16,23,26,32H,4,8-9,12,17-20H2,1-3H3/t23-,26-/m1/s1. The lowest BCUT2D eigenvalue weighted by molar-refractivity contribution is 0.0437. The van der Waals surface area contributed by atoms with Crippen molar-refractivity contribution < 1.29 is 19.3 Å². The van der Waals surface area contributed by atoms with Crippen molar-refractivity contribution in [2.75, 3.05) is 26.8 Å². The molecule has 7 heteroatoms. The predicted molar refractivity (Wildman–Crippen MR) is 137 cm³/mol. The van der Waals surface area contributed by atoms with E-state index in [4.69, 9.17) is 19.3 Å². The van der Waals surface area contributed by atoms with Crippen LogP contribution in [0.25, 0.3) is 5.69 Å². The van der Waals surface area contributed by atoms with E-state index in [1.807, 2.05) is 66.2 Å². The van der Waals surface area contributed by atoms with Crippen LogP contribution in [0.3, 0.4) is 0 Å². The molecule has 0 amide bonds. The lowest BCUT2D eigenvalue weighted by Crippen LogP contribution is -2.37. The first-order valence-corrected chi connectivity index (χ1v) is 12.5. The molecule has 2 atom stereocenters. The zero-order valence-electron chi connectivity index (χ0n) is 21.0. The van der Waals surface area contributed by atoms with Crippen molar-refractivity contribution in [2.24, 2.45) is 0 Å². The zero-order chi connectivity index (χ0) is 24.6. The van der Waals surface area contributed by atoms with Crippen LogP contribution in [0.2, 0.25) is 0 Å². The average Bonchev–Trinajstić information content (AvgIpc) is 3.49. The van der Waals surface area contributed by atoms with E-state index in [0.29, 0.717) is 24.7 Å². The first-order chi connectivity index (χ1) is 17.1. The predicted octanol–water partition coefficient (Wildman–Crippen LogP) is 5.12. The average molecular weight is 480 g/mol. The number of ether oxygens (including phenoxy) is 3. The number of methoxy groups -OCH3 is 1. The van der Waals surface area contributed by atoms with Crippen molar-refractivity contribution in [2.45, 2.75) is 58.3 Å². The van der Waals surface area contributed by atoms with Crippen LogP contribution in [0.4, 0.5) is 0 Å². The molecule has 1 aliphatic rings. The van der Waals surface area contributed by atoms with Gasteiger partial charge in [0.25, 0.3) is 0 Å². The minimum atomic E-state index is -0.378. The van der Waals surface area contributed by atoms with Crippen LogP contribution >= 0.6 is 0 Å². The number of hydrogen-bond donors (Lipinski definition) is 1. The molecule has 4 rings (SSSR count). The zero-order valence-corrected chi connectivity index (χ0v) is 21.0. The van der Waals surface area contributed by atoms with Gasteiger partial charge in [-0.2, -0.15) is 5.10 Å². The highest BCUT2D eigenvalue weighted by Crippen LogP contribution is 2.32. The van der Waals surface area contributed by atoms with E-state index in [0.717, 1.165) is 61.5 Å². The number of rotatable bonds is 12. The number of aliphatic hydroxyl groups excluding tert-OH is 1. The molecule has 1 fully saturated rings. The van der Waals surface area contributed by atoms with Gasteiger partial charge in [0.15, 0.2) is 0 Å². The number of aromatic nitrogens is 2. The van der Waals surface area contributed by atoms with Crippen LogP contribution in [-0.2, 0) is 11.3 Å². The summed E-state index contributed by atoms with van der Waals surface area (Å²) in [7, 11) is 1.65. The third-order valence-corrected chi connectivity index (χ3v) is 6.37. The SMILES string of the molecule is CCC[C@@H](O)CN(Cc1c(C)nn(-c2ccccc2)c1Oc1ccc(OC)cc1)C[C@H]1CCCO1. The Morgan fingerprint density at radius 1 is 1.14 bits per heavy atom. The molecular weight excluding hydrogens is 442 g/mol. The van der Waals surface area contributed by atoms with Gasteiger partial charge in [0, 0.05) is 26.2 Å².